The van der Waals surface area contributed by atoms with Crippen molar-refractivity contribution in [3.63, 3.8) is 0 Å². The van der Waals surface area contributed by atoms with Crippen molar-refractivity contribution >= 4 is 23.4 Å². The molecule has 7 nitrogen and oxygen atoms in total. The molecule has 1 saturated heterocycles. The van der Waals surface area contributed by atoms with E-state index in [4.69, 9.17) is 4.74 Å². The largest absolute Gasteiger partial charge is 0.370 e. The zero-order chi connectivity index (χ0) is 20.2. The van der Waals surface area contributed by atoms with Crippen LogP contribution < -0.4 is 10.6 Å². The van der Waals surface area contributed by atoms with Crippen molar-refractivity contribution in [2.75, 3.05) is 25.0 Å². The average Bonchev–Trinajstić information content (AvgIpc) is 2.88. The molecule has 2 aliphatic rings. The van der Waals surface area contributed by atoms with Crippen molar-refractivity contribution in [2.45, 2.75) is 25.0 Å². The van der Waals surface area contributed by atoms with Crippen LogP contribution in [0.4, 0.5) is 5.69 Å². The summed E-state index contributed by atoms with van der Waals surface area (Å²) in [5.41, 5.74) is 1.95. The Hall–Kier alpha value is -3.19. The van der Waals surface area contributed by atoms with Crippen LogP contribution in [-0.4, -0.2) is 48.4 Å². The maximum absolute atomic E-state index is 12.7. The third kappa shape index (κ3) is 4.30. The van der Waals surface area contributed by atoms with Crippen molar-refractivity contribution in [1.82, 2.24) is 10.2 Å². The van der Waals surface area contributed by atoms with Crippen molar-refractivity contribution < 1.29 is 19.1 Å². The smallest absolute Gasteiger partial charge is 0.254 e. The van der Waals surface area contributed by atoms with Crippen molar-refractivity contribution in [2.24, 2.45) is 0 Å². The number of anilines is 1. The molecule has 0 aliphatic carbocycles. The van der Waals surface area contributed by atoms with Crippen LogP contribution in [0.5, 0.6) is 0 Å². The lowest BCUT2D eigenvalue weighted by Crippen LogP contribution is -2.44. The highest BCUT2D eigenvalue weighted by molar-refractivity contribution is 6.09. The molecule has 2 heterocycles. The average molecular weight is 393 g/mol. The van der Waals surface area contributed by atoms with Crippen molar-refractivity contribution in [1.29, 1.82) is 0 Å². The van der Waals surface area contributed by atoms with Gasteiger partial charge in [0.15, 0.2) is 0 Å². The molecule has 0 radical (unpaired) electrons. The zero-order valence-corrected chi connectivity index (χ0v) is 16.0. The number of para-hydroxylation sites is 1. The lowest BCUT2D eigenvalue weighted by Gasteiger charge is -2.33. The number of fused-ring (bicyclic) bond motifs is 1. The molecule has 3 amide bonds. The minimum absolute atomic E-state index is 0.0435. The molecule has 0 spiro atoms. The summed E-state index contributed by atoms with van der Waals surface area (Å²) in [6, 6.07) is 15.9. The van der Waals surface area contributed by atoms with E-state index in [-0.39, 0.29) is 36.7 Å². The monoisotopic (exact) mass is 393 g/mol. The van der Waals surface area contributed by atoms with Gasteiger partial charge in [-0.1, -0.05) is 42.5 Å². The summed E-state index contributed by atoms with van der Waals surface area (Å²) in [6.07, 6.45) is 0.276. The van der Waals surface area contributed by atoms with Crippen LogP contribution >= 0.6 is 0 Å². The van der Waals surface area contributed by atoms with Gasteiger partial charge in [-0.2, -0.15) is 0 Å². The molecule has 7 heteroatoms. The molecular weight excluding hydrogens is 370 g/mol. The lowest BCUT2D eigenvalue weighted by molar-refractivity contribution is -0.139. The van der Waals surface area contributed by atoms with Gasteiger partial charge in [0.2, 0.25) is 11.8 Å². The van der Waals surface area contributed by atoms with Crippen LogP contribution in [0, 0.1) is 0 Å². The number of amides is 3. The molecule has 0 aromatic heterocycles. The number of benzene rings is 2. The number of hydrogen-bond acceptors (Lipinski definition) is 4. The second-order valence-corrected chi connectivity index (χ2v) is 7.21. The zero-order valence-electron chi connectivity index (χ0n) is 16.0. The quantitative estimate of drug-likeness (QED) is 0.833. The number of rotatable bonds is 4. The van der Waals surface area contributed by atoms with E-state index in [1.54, 1.807) is 29.2 Å². The van der Waals surface area contributed by atoms with Crippen molar-refractivity contribution in [3.05, 3.63) is 65.7 Å². The minimum Gasteiger partial charge on any atom is -0.370 e. The summed E-state index contributed by atoms with van der Waals surface area (Å²) >= 11 is 0. The molecule has 1 unspecified atom stereocenters. The number of nitrogens with one attached hydrogen (secondary N) is 2. The first-order valence-corrected chi connectivity index (χ1v) is 9.77. The van der Waals surface area contributed by atoms with Crippen LogP contribution in [0.25, 0.3) is 0 Å². The van der Waals surface area contributed by atoms with Crippen LogP contribution in [0.1, 0.15) is 34.9 Å². The fourth-order valence-electron chi connectivity index (χ4n) is 3.69. The van der Waals surface area contributed by atoms with E-state index < -0.39 is 6.04 Å². The van der Waals surface area contributed by atoms with Gasteiger partial charge >= 0.3 is 0 Å². The van der Waals surface area contributed by atoms with E-state index in [0.717, 1.165) is 5.56 Å². The van der Waals surface area contributed by atoms with Crippen LogP contribution in [0.3, 0.4) is 0 Å². The van der Waals surface area contributed by atoms with Crippen LogP contribution in [0.15, 0.2) is 54.6 Å². The first-order valence-electron chi connectivity index (χ1n) is 9.77. The normalized spacial score (nSPS) is 21.6. The molecule has 2 aromatic carbocycles. The molecular formula is C22H23N3O4. The predicted molar refractivity (Wildman–Crippen MR) is 107 cm³/mol. The van der Waals surface area contributed by atoms with Crippen LogP contribution in [0.2, 0.25) is 0 Å². The van der Waals surface area contributed by atoms with Gasteiger partial charge in [-0.15, -0.1) is 0 Å². The lowest BCUT2D eigenvalue weighted by atomic mass is 10.1. The molecule has 0 saturated carbocycles. The highest BCUT2D eigenvalue weighted by Gasteiger charge is 2.30. The second-order valence-electron chi connectivity index (χ2n) is 7.21. The standard InChI is InChI=1S/C22H23N3O4/c26-20(25-12-13-29-19(14-25)15-6-2-1-3-7-15)11-10-18-22(28)23-17-9-5-4-8-16(17)21(27)24-18/h1-9,18-19H,10-14H2,(H,23,28)(H,24,27)/t18-,19?/m0/s1. The molecule has 4 rings (SSSR count). The van der Waals surface area contributed by atoms with Crippen molar-refractivity contribution in [3.8, 4) is 0 Å². The Balaban J connectivity index is 1.36. The molecule has 1 fully saturated rings. The van der Waals surface area contributed by atoms with E-state index in [0.29, 0.717) is 30.9 Å². The maximum Gasteiger partial charge on any atom is 0.254 e. The topological polar surface area (TPSA) is 87.7 Å². The Labute approximate surface area is 169 Å². The predicted octanol–water partition coefficient (Wildman–Crippen LogP) is 2.12. The molecule has 2 aromatic rings. The van der Waals surface area contributed by atoms with Gasteiger partial charge in [-0.05, 0) is 24.1 Å². The third-order valence-corrected chi connectivity index (χ3v) is 5.29. The van der Waals surface area contributed by atoms with E-state index in [2.05, 4.69) is 10.6 Å². The van der Waals surface area contributed by atoms with E-state index >= 15 is 0 Å². The summed E-state index contributed by atoms with van der Waals surface area (Å²) in [5, 5.41) is 5.50. The first-order chi connectivity index (χ1) is 14.1. The van der Waals surface area contributed by atoms with E-state index in [1.807, 2.05) is 30.3 Å². The Bertz CT molecular complexity index is 915. The number of hydrogen-bond donors (Lipinski definition) is 2. The molecule has 2 aliphatic heterocycles. The Morgan fingerprint density at radius 3 is 2.66 bits per heavy atom. The molecule has 29 heavy (non-hydrogen) atoms. The molecule has 2 atom stereocenters. The Kier molecular flexibility index (Phi) is 5.57. The number of ether oxygens (including phenoxy) is 1. The van der Waals surface area contributed by atoms with E-state index in [9.17, 15) is 14.4 Å². The van der Waals surface area contributed by atoms with Gasteiger partial charge in [0.25, 0.3) is 5.91 Å². The van der Waals surface area contributed by atoms with Gasteiger partial charge in [-0.25, -0.2) is 0 Å². The highest BCUT2D eigenvalue weighted by Crippen LogP contribution is 2.23. The van der Waals surface area contributed by atoms with Gasteiger partial charge in [0.05, 0.1) is 24.4 Å². The summed E-state index contributed by atoms with van der Waals surface area (Å²) in [7, 11) is 0. The van der Waals surface area contributed by atoms with Gasteiger partial charge in [0.1, 0.15) is 12.1 Å². The SMILES string of the molecule is O=C1N[C@@H](CCC(=O)N2CCOC(c3ccccc3)C2)C(=O)Nc2ccccc21. The molecule has 0 bridgehead atoms. The number of morpholine rings is 1. The Morgan fingerprint density at radius 2 is 1.83 bits per heavy atom. The highest BCUT2D eigenvalue weighted by atomic mass is 16.5. The minimum atomic E-state index is -0.746. The van der Waals surface area contributed by atoms with Gasteiger partial charge < -0.3 is 20.3 Å². The molecule has 150 valence electrons. The number of carbonyl (C=O) groups is 3. The first kappa shape index (κ1) is 19.1. The fourth-order valence-corrected chi connectivity index (χ4v) is 3.69. The summed E-state index contributed by atoms with van der Waals surface area (Å²) in [6.45, 7) is 1.48. The van der Waals surface area contributed by atoms with Gasteiger partial charge in [-0.3, -0.25) is 14.4 Å². The maximum atomic E-state index is 12.7. The second kappa shape index (κ2) is 8.45. The van der Waals surface area contributed by atoms with Crippen LogP contribution in [-0.2, 0) is 14.3 Å². The number of carbonyl (C=O) groups excluding carboxylic acids is 3. The molecule has 2 N–H and O–H groups in total. The van der Waals surface area contributed by atoms with Gasteiger partial charge in [0, 0.05) is 13.0 Å². The summed E-state index contributed by atoms with van der Waals surface area (Å²) in [5.74, 6) is -0.662. The summed E-state index contributed by atoms with van der Waals surface area (Å²) in [4.78, 5) is 39.4. The number of nitrogens with zero attached hydrogens (tertiary/aromatic N) is 1. The fraction of sp³-hybridized carbons (Fsp3) is 0.318. The Morgan fingerprint density at radius 1 is 1.07 bits per heavy atom. The summed E-state index contributed by atoms with van der Waals surface area (Å²) < 4.78 is 5.81. The third-order valence-electron chi connectivity index (χ3n) is 5.29. The van der Waals surface area contributed by atoms with E-state index in [1.165, 1.54) is 0 Å².